The number of methoxy groups -OCH3 is 1. The second kappa shape index (κ2) is 5.15. The summed E-state index contributed by atoms with van der Waals surface area (Å²) in [4.78, 5) is 13.4. The summed E-state index contributed by atoms with van der Waals surface area (Å²) in [5.41, 5.74) is -0.330. The van der Waals surface area contributed by atoms with Crippen molar-refractivity contribution in [2.24, 2.45) is 5.41 Å². The number of carboxylic acid groups (broad SMARTS) is 1. The summed E-state index contributed by atoms with van der Waals surface area (Å²) in [5.74, 6) is -0.867. The Labute approximate surface area is 97.6 Å². The van der Waals surface area contributed by atoms with Crippen molar-refractivity contribution in [2.45, 2.75) is 45.3 Å². The lowest BCUT2D eigenvalue weighted by Crippen LogP contribution is -2.42. The first kappa shape index (κ1) is 13.5. The summed E-state index contributed by atoms with van der Waals surface area (Å²) < 4.78 is 5.10. The topological polar surface area (TPSA) is 49.8 Å². The molecule has 94 valence electrons. The molecule has 0 radical (unpaired) electrons. The van der Waals surface area contributed by atoms with E-state index in [0.29, 0.717) is 6.04 Å². The second-order valence-electron chi connectivity index (χ2n) is 5.42. The monoisotopic (exact) mass is 229 g/mol. The van der Waals surface area contributed by atoms with Crippen LogP contribution in [0.3, 0.4) is 0 Å². The Morgan fingerprint density at radius 2 is 2.25 bits per heavy atom. The Morgan fingerprint density at radius 1 is 1.62 bits per heavy atom. The molecule has 2 unspecified atom stereocenters. The average Bonchev–Trinajstić information content (AvgIpc) is 2.50. The molecule has 1 rings (SSSR count). The van der Waals surface area contributed by atoms with E-state index in [2.05, 4.69) is 11.9 Å². The third kappa shape index (κ3) is 2.95. The minimum atomic E-state index is -0.867. The lowest BCUT2D eigenvalue weighted by molar-refractivity contribution is -0.156. The Morgan fingerprint density at radius 3 is 2.62 bits per heavy atom. The molecule has 0 saturated carbocycles. The molecule has 1 N–H and O–H groups in total. The fourth-order valence-corrected chi connectivity index (χ4v) is 2.71. The highest BCUT2D eigenvalue weighted by Gasteiger charge is 2.38. The average molecular weight is 229 g/mol. The zero-order valence-electron chi connectivity index (χ0n) is 10.7. The van der Waals surface area contributed by atoms with Gasteiger partial charge >= 0.3 is 5.97 Å². The first-order valence-electron chi connectivity index (χ1n) is 5.84. The molecule has 1 saturated heterocycles. The first-order chi connectivity index (χ1) is 7.38. The van der Waals surface area contributed by atoms with Crippen molar-refractivity contribution in [3.63, 3.8) is 0 Å². The zero-order valence-corrected chi connectivity index (χ0v) is 10.7. The number of hydrogen-bond donors (Lipinski definition) is 1. The second-order valence-corrected chi connectivity index (χ2v) is 5.42. The highest BCUT2D eigenvalue weighted by Crippen LogP contribution is 2.33. The third-order valence-electron chi connectivity index (χ3n) is 3.60. The van der Waals surface area contributed by atoms with Crippen LogP contribution < -0.4 is 0 Å². The lowest BCUT2D eigenvalue weighted by atomic mass is 9.79. The van der Waals surface area contributed by atoms with Gasteiger partial charge in [-0.05, 0) is 32.9 Å². The Kier molecular flexibility index (Phi) is 4.33. The summed E-state index contributed by atoms with van der Waals surface area (Å²) in [6.07, 6.45) is 2.52. The third-order valence-corrected chi connectivity index (χ3v) is 3.60. The number of rotatable bonds is 5. The lowest BCUT2D eigenvalue weighted by Gasteiger charge is -2.34. The van der Waals surface area contributed by atoms with Gasteiger partial charge in [0, 0.05) is 18.6 Å². The van der Waals surface area contributed by atoms with E-state index in [9.17, 15) is 4.79 Å². The van der Waals surface area contributed by atoms with Gasteiger partial charge < -0.3 is 14.7 Å². The van der Waals surface area contributed by atoms with E-state index < -0.39 is 12.1 Å². The van der Waals surface area contributed by atoms with Crippen molar-refractivity contribution in [1.82, 2.24) is 4.90 Å². The molecule has 1 aliphatic rings. The quantitative estimate of drug-likeness (QED) is 0.778. The van der Waals surface area contributed by atoms with E-state index in [-0.39, 0.29) is 5.41 Å². The summed E-state index contributed by atoms with van der Waals surface area (Å²) in [5, 5.41) is 9.11. The van der Waals surface area contributed by atoms with Gasteiger partial charge in [0.05, 0.1) is 0 Å². The summed E-state index contributed by atoms with van der Waals surface area (Å²) in [6, 6.07) is 0.493. The molecular formula is C12H23NO3. The van der Waals surface area contributed by atoms with Crippen LogP contribution in [0.15, 0.2) is 0 Å². The SMILES string of the molecule is COC(C(=O)O)C(C)(C)CC1CCCN1C. The molecule has 0 aromatic heterocycles. The van der Waals surface area contributed by atoms with Crippen molar-refractivity contribution in [1.29, 1.82) is 0 Å². The highest BCUT2D eigenvalue weighted by atomic mass is 16.5. The van der Waals surface area contributed by atoms with Crippen LogP contribution in [0, 0.1) is 5.41 Å². The predicted octanol–water partition coefficient (Wildman–Crippen LogP) is 1.60. The molecule has 0 aliphatic carbocycles. The van der Waals surface area contributed by atoms with Crippen molar-refractivity contribution < 1.29 is 14.6 Å². The van der Waals surface area contributed by atoms with Gasteiger partial charge in [0.25, 0.3) is 0 Å². The van der Waals surface area contributed by atoms with Gasteiger partial charge in [-0.1, -0.05) is 13.8 Å². The summed E-state index contributed by atoms with van der Waals surface area (Å²) in [7, 11) is 3.58. The van der Waals surface area contributed by atoms with Crippen LogP contribution in [0.2, 0.25) is 0 Å². The van der Waals surface area contributed by atoms with Crippen molar-refractivity contribution in [2.75, 3.05) is 20.7 Å². The summed E-state index contributed by atoms with van der Waals surface area (Å²) in [6.45, 7) is 5.06. The van der Waals surface area contributed by atoms with Crippen LogP contribution in [0.1, 0.15) is 33.1 Å². The molecule has 1 heterocycles. The van der Waals surface area contributed by atoms with Gasteiger partial charge in [0.15, 0.2) is 6.10 Å². The Balaban J connectivity index is 2.65. The number of aliphatic carboxylic acids is 1. The fourth-order valence-electron chi connectivity index (χ4n) is 2.71. The minimum absolute atomic E-state index is 0.330. The zero-order chi connectivity index (χ0) is 12.3. The van der Waals surface area contributed by atoms with E-state index in [4.69, 9.17) is 9.84 Å². The maximum atomic E-state index is 11.1. The van der Waals surface area contributed by atoms with Crippen molar-refractivity contribution in [3.05, 3.63) is 0 Å². The number of carbonyl (C=O) groups is 1. The number of likely N-dealkylation sites (tertiary alicyclic amines) is 1. The van der Waals surface area contributed by atoms with Crippen LogP contribution in [0.5, 0.6) is 0 Å². The maximum absolute atomic E-state index is 11.1. The molecule has 2 atom stereocenters. The number of nitrogens with zero attached hydrogens (tertiary/aromatic N) is 1. The smallest absolute Gasteiger partial charge is 0.333 e. The molecule has 16 heavy (non-hydrogen) atoms. The van der Waals surface area contributed by atoms with Crippen LogP contribution in [0.25, 0.3) is 0 Å². The van der Waals surface area contributed by atoms with Gasteiger partial charge in [-0.15, -0.1) is 0 Å². The van der Waals surface area contributed by atoms with E-state index >= 15 is 0 Å². The predicted molar refractivity (Wildman–Crippen MR) is 62.5 cm³/mol. The number of hydrogen-bond acceptors (Lipinski definition) is 3. The molecule has 0 aromatic carbocycles. The summed E-state index contributed by atoms with van der Waals surface area (Å²) >= 11 is 0. The standard InChI is InChI=1S/C12H23NO3/c1-12(2,10(16-4)11(14)15)8-9-6-5-7-13(9)3/h9-10H,5-8H2,1-4H3,(H,14,15). The van der Waals surface area contributed by atoms with Gasteiger partial charge in [0.2, 0.25) is 0 Å². The first-order valence-corrected chi connectivity index (χ1v) is 5.84. The van der Waals surface area contributed by atoms with Crippen molar-refractivity contribution >= 4 is 5.97 Å². The Bertz CT molecular complexity index is 253. The van der Waals surface area contributed by atoms with Crippen LogP contribution in [-0.4, -0.2) is 48.8 Å². The minimum Gasteiger partial charge on any atom is -0.479 e. The highest BCUT2D eigenvalue weighted by molar-refractivity contribution is 5.73. The van der Waals surface area contributed by atoms with E-state index in [1.807, 2.05) is 13.8 Å². The normalized spacial score (nSPS) is 24.6. The molecule has 1 aliphatic heterocycles. The molecule has 4 heteroatoms. The maximum Gasteiger partial charge on any atom is 0.333 e. The van der Waals surface area contributed by atoms with E-state index in [1.165, 1.54) is 13.5 Å². The molecule has 0 spiro atoms. The fraction of sp³-hybridized carbons (Fsp3) is 0.917. The van der Waals surface area contributed by atoms with Gasteiger partial charge in [-0.2, -0.15) is 0 Å². The molecule has 4 nitrogen and oxygen atoms in total. The number of ether oxygens (including phenoxy) is 1. The molecular weight excluding hydrogens is 206 g/mol. The van der Waals surface area contributed by atoms with Gasteiger partial charge in [-0.3, -0.25) is 0 Å². The molecule has 0 bridgehead atoms. The van der Waals surface area contributed by atoms with E-state index in [1.54, 1.807) is 0 Å². The number of carboxylic acids is 1. The van der Waals surface area contributed by atoms with Crippen molar-refractivity contribution in [3.8, 4) is 0 Å². The largest absolute Gasteiger partial charge is 0.479 e. The van der Waals surface area contributed by atoms with E-state index in [0.717, 1.165) is 19.4 Å². The van der Waals surface area contributed by atoms with Crippen LogP contribution >= 0.6 is 0 Å². The van der Waals surface area contributed by atoms with Crippen LogP contribution in [0.4, 0.5) is 0 Å². The molecule has 0 aromatic rings. The Hall–Kier alpha value is -0.610. The molecule has 0 amide bonds. The van der Waals surface area contributed by atoms with Crippen LogP contribution in [-0.2, 0) is 9.53 Å². The van der Waals surface area contributed by atoms with Gasteiger partial charge in [0.1, 0.15) is 0 Å². The van der Waals surface area contributed by atoms with Gasteiger partial charge in [-0.25, -0.2) is 4.79 Å². The molecule has 1 fully saturated rings.